The van der Waals surface area contributed by atoms with E-state index < -0.39 is 45.9 Å². The van der Waals surface area contributed by atoms with Crippen molar-refractivity contribution in [3.05, 3.63) is 94.3 Å². The zero-order chi connectivity index (χ0) is 33.9. The lowest BCUT2D eigenvalue weighted by Gasteiger charge is -2.43. The van der Waals surface area contributed by atoms with Gasteiger partial charge in [0.2, 0.25) is 11.8 Å². The van der Waals surface area contributed by atoms with Crippen LogP contribution in [0, 0.1) is 5.82 Å². The average molecular weight is 665 g/mol. The molecule has 0 aliphatic carbocycles. The normalized spacial score (nSPS) is 16.9. The summed E-state index contributed by atoms with van der Waals surface area (Å²) in [5, 5.41) is 7.67. The van der Waals surface area contributed by atoms with Crippen molar-refractivity contribution in [2.45, 2.75) is 70.7 Å². The van der Waals surface area contributed by atoms with Crippen molar-refractivity contribution >= 4 is 39.7 Å². The van der Waals surface area contributed by atoms with Gasteiger partial charge in [-0.25, -0.2) is 9.18 Å². The largest absolute Gasteiger partial charge is 0.489 e. The fourth-order valence-corrected chi connectivity index (χ4v) is 5.89. The van der Waals surface area contributed by atoms with Crippen LogP contribution in [0.4, 0.5) is 14.9 Å². The molecule has 10 nitrogen and oxygen atoms in total. The second-order valence-corrected chi connectivity index (χ2v) is 17.0. The number of halogens is 1. The standard InChI is InChI=1S/C35H41FN4O6S/c1-35(2,3)47(4,5)46-21-23-8-6-22(7-9-23)20-45-27-12-10-26(11-13-27)38-34(44)37-18-24-16-25-19-40(33(43)31(25)28(36)17-24)29-14-15-30(41)39-32(29)42/h6-13,16-17,29H,14-15,18-21H2,1-5H3,(H2,37,38,44)(H,39,41,42). The monoisotopic (exact) mass is 664 g/mol. The molecule has 2 aliphatic heterocycles. The van der Waals surface area contributed by atoms with Crippen LogP contribution < -0.4 is 20.7 Å². The number of rotatable bonds is 10. The molecule has 12 heteroatoms. The molecular formula is C35H41FN4O6S. The number of benzene rings is 3. The molecule has 0 spiro atoms. The molecule has 3 aromatic carbocycles. The third-order valence-corrected chi connectivity index (χ3v) is 12.3. The number of fused-ring (bicyclic) bond motifs is 1. The summed E-state index contributed by atoms with van der Waals surface area (Å²) in [6.07, 6.45) is 4.68. The first-order chi connectivity index (χ1) is 22.2. The minimum atomic E-state index is -1.19. The second-order valence-electron chi connectivity index (χ2n) is 13.1. The van der Waals surface area contributed by atoms with Gasteiger partial charge < -0.3 is 24.5 Å². The zero-order valence-corrected chi connectivity index (χ0v) is 28.1. The maximum absolute atomic E-state index is 15.0. The van der Waals surface area contributed by atoms with Crippen molar-refractivity contribution in [2.75, 3.05) is 17.8 Å². The Kier molecular flexibility index (Phi) is 9.92. The number of hydrogen-bond acceptors (Lipinski definition) is 6. The SMILES string of the molecule is CC(C)(C)S(C)(C)OCc1ccc(COc2ccc(NC(=O)NCc3cc(F)c4c(c3)CN(C3CCC(=O)NC3=O)C4=O)cc2)cc1. The first-order valence-corrected chi connectivity index (χ1v) is 17.8. The molecule has 0 aromatic heterocycles. The van der Waals surface area contributed by atoms with Gasteiger partial charge in [0.05, 0.1) is 12.2 Å². The summed E-state index contributed by atoms with van der Waals surface area (Å²) in [6, 6.07) is 16.6. The molecule has 47 heavy (non-hydrogen) atoms. The molecule has 1 saturated heterocycles. The van der Waals surface area contributed by atoms with Crippen LogP contribution in [0.5, 0.6) is 5.75 Å². The third-order valence-electron chi connectivity index (χ3n) is 8.62. The predicted molar refractivity (Wildman–Crippen MR) is 180 cm³/mol. The number of urea groups is 1. The lowest BCUT2D eigenvalue weighted by atomic mass is 10.0. The van der Waals surface area contributed by atoms with Crippen LogP contribution in [-0.2, 0) is 40.1 Å². The second kappa shape index (κ2) is 13.7. The molecule has 3 N–H and O–H groups in total. The lowest BCUT2D eigenvalue weighted by molar-refractivity contribution is -0.136. The van der Waals surface area contributed by atoms with Crippen molar-refractivity contribution in [3.8, 4) is 5.75 Å². The third kappa shape index (κ3) is 8.12. The Morgan fingerprint density at radius 1 is 0.979 bits per heavy atom. The number of piperidine rings is 1. The fourth-order valence-electron chi connectivity index (χ4n) is 5.11. The highest BCUT2D eigenvalue weighted by molar-refractivity contribution is 8.29. The van der Waals surface area contributed by atoms with Gasteiger partial charge in [0, 0.05) is 29.9 Å². The summed E-state index contributed by atoms with van der Waals surface area (Å²) in [4.78, 5) is 50.5. The van der Waals surface area contributed by atoms with E-state index in [9.17, 15) is 23.6 Å². The molecule has 0 bridgehead atoms. The van der Waals surface area contributed by atoms with E-state index in [-0.39, 0.29) is 36.2 Å². The number of imide groups is 1. The molecule has 2 heterocycles. The number of ether oxygens (including phenoxy) is 1. The van der Waals surface area contributed by atoms with E-state index >= 15 is 0 Å². The van der Waals surface area contributed by atoms with Gasteiger partial charge in [-0.05, 0) is 71.5 Å². The predicted octanol–water partition coefficient (Wildman–Crippen LogP) is 5.78. The summed E-state index contributed by atoms with van der Waals surface area (Å²) < 4.78 is 27.2. The summed E-state index contributed by atoms with van der Waals surface area (Å²) >= 11 is 0. The fraction of sp³-hybridized carbons (Fsp3) is 0.371. The van der Waals surface area contributed by atoms with E-state index in [1.165, 1.54) is 11.0 Å². The first-order valence-electron chi connectivity index (χ1n) is 15.4. The number of anilines is 1. The van der Waals surface area contributed by atoms with E-state index in [1.807, 2.05) is 12.1 Å². The summed E-state index contributed by atoms with van der Waals surface area (Å²) in [5.74, 6) is -1.61. The summed E-state index contributed by atoms with van der Waals surface area (Å²) in [6.45, 7) is 7.63. The summed E-state index contributed by atoms with van der Waals surface area (Å²) in [7, 11) is -1.19. The van der Waals surface area contributed by atoms with E-state index in [1.54, 1.807) is 30.3 Å². The van der Waals surface area contributed by atoms with Crippen LogP contribution >= 0.6 is 10.3 Å². The Balaban J connectivity index is 1.08. The van der Waals surface area contributed by atoms with Gasteiger partial charge in [-0.15, -0.1) is 10.3 Å². The maximum atomic E-state index is 15.0. The number of carbonyl (C=O) groups excluding carboxylic acids is 4. The van der Waals surface area contributed by atoms with Crippen LogP contribution in [0.1, 0.15) is 66.2 Å². The van der Waals surface area contributed by atoms with Gasteiger partial charge in [-0.1, -0.05) is 51.1 Å². The van der Waals surface area contributed by atoms with Gasteiger partial charge >= 0.3 is 6.03 Å². The number of amides is 5. The maximum Gasteiger partial charge on any atom is 0.319 e. The highest BCUT2D eigenvalue weighted by atomic mass is 32.3. The van der Waals surface area contributed by atoms with E-state index in [4.69, 9.17) is 8.92 Å². The molecule has 250 valence electrons. The molecule has 1 fully saturated rings. The molecule has 3 aromatic rings. The zero-order valence-electron chi connectivity index (χ0n) is 27.3. The topological polar surface area (TPSA) is 126 Å². The molecule has 1 atom stereocenters. The number of nitrogens with one attached hydrogen (secondary N) is 3. The molecular weight excluding hydrogens is 623 g/mol. The number of hydrogen-bond donors (Lipinski definition) is 3. The summed E-state index contributed by atoms with van der Waals surface area (Å²) in [5.41, 5.74) is 3.49. The van der Waals surface area contributed by atoms with Crippen molar-refractivity contribution < 1.29 is 32.5 Å². The van der Waals surface area contributed by atoms with Crippen LogP contribution in [0.25, 0.3) is 0 Å². The lowest BCUT2D eigenvalue weighted by Crippen LogP contribution is -2.52. The number of carbonyl (C=O) groups is 4. The molecule has 5 amide bonds. The van der Waals surface area contributed by atoms with Crippen LogP contribution in [0.2, 0.25) is 0 Å². The Morgan fingerprint density at radius 3 is 2.28 bits per heavy atom. The highest BCUT2D eigenvalue weighted by Gasteiger charge is 2.40. The molecule has 2 aliphatic rings. The van der Waals surface area contributed by atoms with E-state index in [2.05, 4.69) is 61.4 Å². The quantitative estimate of drug-likeness (QED) is 0.236. The smallest absolute Gasteiger partial charge is 0.319 e. The first kappa shape index (κ1) is 33.9. The van der Waals surface area contributed by atoms with Gasteiger partial charge in [0.1, 0.15) is 24.2 Å². The van der Waals surface area contributed by atoms with E-state index in [0.717, 1.165) is 11.1 Å². The van der Waals surface area contributed by atoms with Gasteiger partial charge in [0.15, 0.2) is 0 Å². The number of nitrogens with zero attached hydrogens (tertiary/aromatic N) is 1. The Labute approximate surface area is 275 Å². The average Bonchev–Trinajstić information content (AvgIpc) is 3.34. The van der Waals surface area contributed by atoms with Crippen LogP contribution in [-0.4, -0.2) is 52.0 Å². The van der Waals surface area contributed by atoms with Crippen LogP contribution in [0.3, 0.4) is 0 Å². The Bertz CT molecular complexity index is 1670. The molecule has 1 unspecified atom stereocenters. The van der Waals surface area contributed by atoms with Gasteiger partial charge in [-0.2, -0.15) is 0 Å². The Morgan fingerprint density at radius 2 is 1.64 bits per heavy atom. The van der Waals surface area contributed by atoms with E-state index in [0.29, 0.717) is 35.8 Å². The minimum absolute atomic E-state index is 0.0181. The Hall–Kier alpha value is -4.42. The molecule has 0 saturated carbocycles. The van der Waals surface area contributed by atoms with Crippen molar-refractivity contribution in [3.63, 3.8) is 0 Å². The highest BCUT2D eigenvalue weighted by Crippen LogP contribution is 2.54. The van der Waals surface area contributed by atoms with Crippen molar-refractivity contribution in [1.29, 1.82) is 0 Å². The minimum Gasteiger partial charge on any atom is -0.489 e. The molecule has 0 radical (unpaired) electrons. The van der Waals surface area contributed by atoms with Gasteiger partial charge in [-0.3, -0.25) is 19.7 Å². The van der Waals surface area contributed by atoms with Crippen LogP contribution in [0.15, 0.2) is 60.7 Å². The molecule has 5 rings (SSSR count). The van der Waals surface area contributed by atoms with Gasteiger partial charge in [0.25, 0.3) is 5.91 Å². The van der Waals surface area contributed by atoms with Crippen molar-refractivity contribution in [2.24, 2.45) is 0 Å². The van der Waals surface area contributed by atoms with Crippen molar-refractivity contribution in [1.82, 2.24) is 15.5 Å².